The Hall–Kier alpha value is -2.75. The molecule has 0 aliphatic carbocycles. The summed E-state index contributed by atoms with van der Waals surface area (Å²) >= 11 is 6.07. The van der Waals surface area contributed by atoms with Crippen LogP contribution in [0.5, 0.6) is 5.75 Å². The normalized spacial score (nSPS) is 11.7. The monoisotopic (exact) mass is 466 g/mol. The molecule has 0 saturated carbocycles. The summed E-state index contributed by atoms with van der Waals surface area (Å²) in [4.78, 5) is -0.223. The zero-order chi connectivity index (χ0) is 21.9. The number of nitrogens with one attached hydrogen (secondary N) is 2. The predicted octanol–water partition coefficient (Wildman–Crippen LogP) is 4.26. The lowest BCUT2D eigenvalue weighted by molar-refractivity contribution is 0.417. The molecule has 0 spiro atoms. The van der Waals surface area contributed by atoms with Crippen LogP contribution in [-0.4, -0.2) is 23.9 Å². The smallest absolute Gasteiger partial charge is 0.263 e. The highest BCUT2D eigenvalue weighted by molar-refractivity contribution is 7.93. The fraction of sp³-hybridized carbons (Fsp3) is 0.100. The van der Waals surface area contributed by atoms with E-state index in [0.29, 0.717) is 5.75 Å². The molecule has 3 aromatic rings. The van der Waals surface area contributed by atoms with Crippen LogP contribution in [0, 0.1) is 6.92 Å². The van der Waals surface area contributed by atoms with Crippen LogP contribution >= 0.6 is 11.6 Å². The number of hydrogen-bond acceptors (Lipinski definition) is 5. The minimum atomic E-state index is -4.01. The summed E-state index contributed by atoms with van der Waals surface area (Å²) in [6.07, 6.45) is 0. The first-order chi connectivity index (χ1) is 14.1. The Morgan fingerprint density at radius 3 is 2.27 bits per heavy atom. The van der Waals surface area contributed by atoms with Crippen molar-refractivity contribution in [3.05, 3.63) is 77.3 Å². The van der Waals surface area contributed by atoms with Gasteiger partial charge in [0.15, 0.2) is 0 Å². The quantitative estimate of drug-likeness (QED) is 0.541. The maximum absolute atomic E-state index is 12.8. The van der Waals surface area contributed by atoms with Gasteiger partial charge in [0.05, 0.1) is 28.4 Å². The third-order valence-electron chi connectivity index (χ3n) is 4.12. The zero-order valence-corrected chi connectivity index (χ0v) is 18.5. The summed E-state index contributed by atoms with van der Waals surface area (Å²) in [6.45, 7) is 1.79. The molecule has 0 heterocycles. The lowest BCUT2D eigenvalue weighted by atomic mass is 10.2. The van der Waals surface area contributed by atoms with Crippen molar-refractivity contribution in [2.75, 3.05) is 16.6 Å². The number of aryl methyl sites for hydroxylation is 1. The van der Waals surface area contributed by atoms with E-state index in [1.54, 1.807) is 37.3 Å². The fourth-order valence-electron chi connectivity index (χ4n) is 2.69. The van der Waals surface area contributed by atoms with Gasteiger partial charge < -0.3 is 4.74 Å². The van der Waals surface area contributed by atoms with Gasteiger partial charge in [0.25, 0.3) is 20.0 Å². The number of anilines is 2. The van der Waals surface area contributed by atoms with Gasteiger partial charge in [0.1, 0.15) is 10.6 Å². The minimum absolute atomic E-state index is 0.0733. The molecule has 0 aromatic heterocycles. The molecule has 0 saturated heterocycles. The van der Waals surface area contributed by atoms with Gasteiger partial charge in [-0.15, -0.1) is 0 Å². The standard InChI is InChI=1S/C20H19ClN2O5S2/c1-14-10-11-20(17(21)12-14)30(26,27)22-15-6-5-7-16(13-15)29(24,25)23-18-8-3-4-9-19(18)28-2/h3-13,22-23H,1-2H3. The molecule has 0 atom stereocenters. The number of para-hydroxylation sites is 2. The van der Waals surface area contributed by atoms with Crippen LogP contribution in [0.1, 0.15) is 5.56 Å². The van der Waals surface area contributed by atoms with Crippen molar-refractivity contribution in [2.45, 2.75) is 16.7 Å². The Kier molecular flexibility index (Phi) is 6.25. The molecule has 7 nitrogen and oxygen atoms in total. The first-order valence-electron chi connectivity index (χ1n) is 8.67. The molecular weight excluding hydrogens is 448 g/mol. The second-order valence-electron chi connectivity index (χ2n) is 6.37. The average molecular weight is 467 g/mol. The van der Waals surface area contributed by atoms with Gasteiger partial charge >= 0.3 is 0 Å². The summed E-state index contributed by atoms with van der Waals surface area (Å²) in [5, 5.41) is 0.0733. The molecular formula is C20H19ClN2O5S2. The van der Waals surface area contributed by atoms with Gasteiger partial charge in [-0.25, -0.2) is 16.8 Å². The Morgan fingerprint density at radius 2 is 1.57 bits per heavy atom. The summed E-state index contributed by atoms with van der Waals surface area (Å²) in [7, 11) is -6.57. The molecule has 0 amide bonds. The van der Waals surface area contributed by atoms with Crippen molar-refractivity contribution in [3.63, 3.8) is 0 Å². The number of benzene rings is 3. The second-order valence-corrected chi connectivity index (χ2v) is 10.1. The maximum atomic E-state index is 12.8. The number of halogens is 1. The Bertz CT molecular complexity index is 1290. The van der Waals surface area contributed by atoms with Gasteiger partial charge in [-0.3, -0.25) is 9.44 Å². The first-order valence-corrected chi connectivity index (χ1v) is 12.0. The number of hydrogen-bond donors (Lipinski definition) is 2. The Labute approximate surface area is 180 Å². The van der Waals surface area contributed by atoms with Gasteiger partial charge in [-0.05, 0) is 55.0 Å². The molecule has 0 aliphatic heterocycles. The highest BCUT2D eigenvalue weighted by atomic mass is 35.5. The van der Waals surface area contributed by atoms with Crippen LogP contribution in [0.4, 0.5) is 11.4 Å². The molecule has 0 radical (unpaired) electrons. The first kappa shape index (κ1) is 21.9. The van der Waals surface area contributed by atoms with E-state index in [9.17, 15) is 16.8 Å². The average Bonchev–Trinajstić information content (AvgIpc) is 2.67. The highest BCUT2D eigenvalue weighted by Gasteiger charge is 2.21. The molecule has 0 aliphatic rings. The number of methoxy groups -OCH3 is 1. The molecule has 158 valence electrons. The number of sulfonamides is 2. The zero-order valence-electron chi connectivity index (χ0n) is 16.1. The summed E-state index contributed by atoms with van der Waals surface area (Å²) < 4.78 is 60.9. The van der Waals surface area contributed by atoms with Crippen molar-refractivity contribution < 1.29 is 21.6 Å². The van der Waals surface area contributed by atoms with E-state index in [1.165, 1.54) is 43.5 Å². The number of ether oxygens (including phenoxy) is 1. The maximum Gasteiger partial charge on any atom is 0.263 e. The molecule has 10 heteroatoms. The van der Waals surface area contributed by atoms with Gasteiger partial charge in [0.2, 0.25) is 0 Å². The molecule has 0 unspecified atom stereocenters. The molecule has 30 heavy (non-hydrogen) atoms. The van der Waals surface area contributed by atoms with E-state index in [0.717, 1.165) is 5.56 Å². The number of rotatable bonds is 7. The van der Waals surface area contributed by atoms with Crippen LogP contribution in [0.25, 0.3) is 0 Å². The van der Waals surface area contributed by atoms with E-state index in [-0.39, 0.29) is 26.2 Å². The van der Waals surface area contributed by atoms with Gasteiger partial charge in [-0.1, -0.05) is 35.9 Å². The van der Waals surface area contributed by atoms with Crippen LogP contribution < -0.4 is 14.2 Å². The second kappa shape index (κ2) is 8.55. The van der Waals surface area contributed by atoms with Crippen molar-refractivity contribution in [1.29, 1.82) is 0 Å². The van der Waals surface area contributed by atoms with Crippen LogP contribution in [-0.2, 0) is 20.0 Å². The molecule has 0 fully saturated rings. The van der Waals surface area contributed by atoms with E-state index in [2.05, 4.69) is 9.44 Å². The highest BCUT2D eigenvalue weighted by Crippen LogP contribution is 2.28. The van der Waals surface area contributed by atoms with Gasteiger partial charge in [-0.2, -0.15) is 0 Å². The topological polar surface area (TPSA) is 102 Å². The van der Waals surface area contributed by atoms with E-state index in [4.69, 9.17) is 16.3 Å². The molecule has 3 aromatic carbocycles. The third-order valence-corrected chi connectivity index (χ3v) is 7.35. The summed E-state index contributed by atoms with van der Waals surface area (Å²) in [5.74, 6) is 0.354. The molecule has 3 rings (SSSR count). The van der Waals surface area contributed by atoms with Crippen molar-refractivity contribution in [3.8, 4) is 5.75 Å². The van der Waals surface area contributed by atoms with E-state index in [1.807, 2.05) is 0 Å². The Balaban J connectivity index is 1.90. The lowest BCUT2D eigenvalue weighted by Crippen LogP contribution is -2.16. The van der Waals surface area contributed by atoms with E-state index < -0.39 is 20.0 Å². The predicted molar refractivity (Wildman–Crippen MR) is 117 cm³/mol. The van der Waals surface area contributed by atoms with Crippen LogP contribution in [0.15, 0.2) is 76.5 Å². The van der Waals surface area contributed by atoms with Crippen LogP contribution in [0.3, 0.4) is 0 Å². The van der Waals surface area contributed by atoms with Crippen molar-refractivity contribution >= 4 is 43.0 Å². The molecule has 2 N–H and O–H groups in total. The SMILES string of the molecule is COc1ccccc1NS(=O)(=O)c1cccc(NS(=O)(=O)c2ccc(C)cc2Cl)c1. The van der Waals surface area contributed by atoms with Crippen LogP contribution in [0.2, 0.25) is 5.02 Å². The summed E-state index contributed by atoms with van der Waals surface area (Å²) in [6, 6.07) is 16.6. The van der Waals surface area contributed by atoms with Crippen molar-refractivity contribution in [1.82, 2.24) is 0 Å². The Morgan fingerprint density at radius 1 is 0.833 bits per heavy atom. The van der Waals surface area contributed by atoms with Gasteiger partial charge in [0, 0.05) is 0 Å². The van der Waals surface area contributed by atoms with E-state index >= 15 is 0 Å². The largest absolute Gasteiger partial charge is 0.495 e. The molecule has 0 bridgehead atoms. The minimum Gasteiger partial charge on any atom is -0.495 e. The van der Waals surface area contributed by atoms with Crippen molar-refractivity contribution in [2.24, 2.45) is 0 Å². The lowest BCUT2D eigenvalue weighted by Gasteiger charge is -2.13. The third kappa shape index (κ3) is 4.86. The fourth-order valence-corrected chi connectivity index (χ4v) is 5.46. The summed E-state index contributed by atoms with van der Waals surface area (Å²) in [5.41, 5.74) is 1.15.